The van der Waals surface area contributed by atoms with E-state index in [1.807, 2.05) is 6.07 Å². The van der Waals surface area contributed by atoms with Crippen molar-refractivity contribution in [3.8, 4) is 6.07 Å². The van der Waals surface area contributed by atoms with Gasteiger partial charge in [0.25, 0.3) is 0 Å². The topological polar surface area (TPSA) is 132 Å². The molecule has 1 N–H and O–H groups in total. The molecule has 3 aliphatic heterocycles. The molecule has 3 amide bonds. The number of nitrogens with zero attached hydrogens (tertiary/aromatic N) is 6. The maximum Gasteiger partial charge on any atom is 0.410 e. The average molecular weight is 476 g/mol. The van der Waals surface area contributed by atoms with E-state index >= 15 is 0 Å². The fourth-order valence-electron chi connectivity index (χ4n) is 4.76. The minimum atomic E-state index is -0.413. The summed E-state index contributed by atoms with van der Waals surface area (Å²) in [5, 5.41) is 12.3. The number of nitrogens with one attached hydrogen (secondary N) is 1. The van der Waals surface area contributed by atoms with Crippen LogP contribution in [0.4, 0.5) is 26.9 Å². The Morgan fingerprint density at radius 2 is 2.03 bits per heavy atom. The first kappa shape index (κ1) is 22.6. The van der Waals surface area contributed by atoms with Gasteiger partial charge < -0.3 is 14.5 Å². The normalized spacial score (nSPS) is 17.1. The highest BCUT2D eigenvalue weighted by Crippen LogP contribution is 2.30. The molecule has 35 heavy (non-hydrogen) atoms. The van der Waals surface area contributed by atoms with Gasteiger partial charge in [-0.2, -0.15) is 5.26 Å². The third-order valence-electron chi connectivity index (χ3n) is 6.52. The number of rotatable bonds is 5. The number of fused-ring (bicyclic) bond motifs is 1. The van der Waals surface area contributed by atoms with E-state index in [-0.39, 0.29) is 12.2 Å². The zero-order valence-corrected chi connectivity index (χ0v) is 19.2. The van der Waals surface area contributed by atoms with Gasteiger partial charge in [-0.15, -0.1) is 0 Å². The summed E-state index contributed by atoms with van der Waals surface area (Å²) in [5.74, 6) is 0.778. The van der Waals surface area contributed by atoms with E-state index in [2.05, 4.69) is 26.3 Å². The molecule has 11 nitrogen and oxygen atoms in total. The Kier molecular flexibility index (Phi) is 6.18. The summed E-state index contributed by atoms with van der Waals surface area (Å²) in [6.07, 6.45) is 5.27. The lowest BCUT2D eigenvalue weighted by Gasteiger charge is -2.29. The minimum absolute atomic E-state index is 0.191. The number of urea groups is 1. The van der Waals surface area contributed by atoms with E-state index < -0.39 is 12.1 Å². The molecule has 0 bridgehead atoms. The molecule has 0 radical (unpaired) electrons. The van der Waals surface area contributed by atoms with E-state index in [1.165, 1.54) is 16.0 Å². The first-order valence-corrected chi connectivity index (χ1v) is 11.7. The number of anilines is 3. The summed E-state index contributed by atoms with van der Waals surface area (Å²) in [7, 11) is 0. The summed E-state index contributed by atoms with van der Waals surface area (Å²) in [6.45, 7) is 3.18. The quantitative estimate of drug-likeness (QED) is 0.653. The lowest BCUT2D eigenvalue weighted by Crippen LogP contribution is -2.40. The number of hydrogen-bond acceptors (Lipinski definition) is 8. The Hall–Kier alpha value is -4.20. The number of pyridine rings is 2. The van der Waals surface area contributed by atoms with Crippen molar-refractivity contribution >= 4 is 35.7 Å². The van der Waals surface area contributed by atoms with Crippen LogP contribution in [0.3, 0.4) is 0 Å². The summed E-state index contributed by atoms with van der Waals surface area (Å²) >= 11 is 0. The van der Waals surface area contributed by atoms with E-state index in [1.54, 1.807) is 6.07 Å². The monoisotopic (exact) mass is 475 g/mol. The van der Waals surface area contributed by atoms with Crippen LogP contribution < -0.4 is 15.1 Å². The summed E-state index contributed by atoms with van der Waals surface area (Å²) in [5.41, 5.74) is 2.89. The molecule has 11 heteroatoms. The Labute approximate surface area is 202 Å². The van der Waals surface area contributed by atoms with Gasteiger partial charge in [-0.3, -0.25) is 15.0 Å². The van der Waals surface area contributed by atoms with Crippen LogP contribution >= 0.6 is 0 Å². The average Bonchev–Trinajstić information content (AvgIpc) is 3.55. The molecule has 0 saturated carbocycles. The second kappa shape index (κ2) is 9.58. The summed E-state index contributed by atoms with van der Waals surface area (Å²) in [6, 6.07) is 5.35. The molecule has 3 aliphatic rings. The zero-order valence-electron chi connectivity index (χ0n) is 19.2. The molecular weight excluding hydrogens is 450 g/mol. The van der Waals surface area contributed by atoms with Crippen molar-refractivity contribution in [1.29, 1.82) is 5.26 Å². The molecule has 0 aliphatic carbocycles. The van der Waals surface area contributed by atoms with E-state index in [4.69, 9.17) is 4.74 Å². The first-order valence-electron chi connectivity index (χ1n) is 11.7. The Bertz CT molecular complexity index is 1220. The molecule has 5 heterocycles. The minimum Gasteiger partial charge on any atom is -0.448 e. The number of hydrogen-bond donors (Lipinski definition) is 1. The van der Waals surface area contributed by atoms with Crippen molar-refractivity contribution in [2.45, 2.75) is 32.2 Å². The molecule has 5 rings (SSSR count). The van der Waals surface area contributed by atoms with Crippen LogP contribution in [0.25, 0.3) is 0 Å². The Morgan fingerprint density at radius 3 is 2.74 bits per heavy atom. The van der Waals surface area contributed by atoms with Gasteiger partial charge in [-0.25, -0.2) is 19.6 Å². The highest BCUT2D eigenvalue weighted by molar-refractivity contribution is 6.02. The molecule has 2 aromatic rings. The second-order valence-corrected chi connectivity index (χ2v) is 8.75. The molecule has 2 fully saturated rings. The van der Waals surface area contributed by atoms with Crippen molar-refractivity contribution in [1.82, 2.24) is 14.9 Å². The van der Waals surface area contributed by atoms with Crippen LogP contribution in [-0.4, -0.2) is 66.1 Å². The zero-order chi connectivity index (χ0) is 24.4. The molecule has 0 atom stereocenters. The number of cyclic esters (lactones) is 1. The number of carbonyl (C=O) groups is 3. The maximum atomic E-state index is 13.2. The predicted molar refractivity (Wildman–Crippen MR) is 126 cm³/mol. The number of aryl methyl sites for hydroxylation is 1. The number of ether oxygens (including phenoxy) is 1. The summed E-state index contributed by atoms with van der Waals surface area (Å²) in [4.78, 5) is 50.8. The number of aldehydes is 1. The Balaban J connectivity index is 1.38. The van der Waals surface area contributed by atoms with Crippen LogP contribution in [0.15, 0.2) is 18.3 Å². The highest BCUT2D eigenvalue weighted by atomic mass is 16.6. The van der Waals surface area contributed by atoms with Gasteiger partial charge >= 0.3 is 12.1 Å². The first-order chi connectivity index (χ1) is 17.1. The van der Waals surface area contributed by atoms with Crippen LogP contribution in [-0.2, 0) is 17.7 Å². The number of carbonyl (C=O) groups excluding carboxylic acids is 3. The van der Waals surface area contributed by atoms with Crippen molar-refractivity contribution in [2.24, 2.45) is 0 Å². The SMILES string of the molecule is N#Cc1cnc(NC(=O)N2CCCc3cc(CN4CCOC4=O)c(C=O)nc32)cc1N1CCCC1. The number of nitriles is 1. The van der Waals surface area contributed by atoms with Crippen LogP contribution in [0, 0.1) is 11.3 Å². The number of aromatic nitrogens is 2. The molecule has 0 spiro atoms. The predicted octanol–water partition coefficient (Wildman–Crippen LogP) is 2.70. The van der Waals surface area contributed by atoms with Crippen LogP contribution in [0.2, 0.25) is 0 Å². The van der Waals surface area contributed by atoms with Gasteiger partial charge in [0.2, 0.25) is 0 Å². The smallest absolute Gasteiger partial charge is 0.410 e. The van der Waals surface area contributed by atoms with E-state index in [9.17, 15) is 19.6 Å². The van der Waals surface area contributed by atoms with Crippen LogP contribution in [0.1, 0.15) is 46.4 Å². The lowest BCUT2D eigenvalue weighted by atomic mass is 10.0. The second-order valence-electron chi connectivity index (χ2n) is 8.75. The summed E-state index contributed by atoms with van der Waals surface area (Å²) < 4.78 is 4.97. The molecule has 2 saturated heterocycles. The lowest BCUT2D eigenvalue weighted by molar-refractivity contribution is 0.111. The van der Waals surface area contributed by atoms with E-state index in [0.717, 1.165) is 43.6 Å². The van der Waals surface area contributed by atoms with Gasteiger partial charge in [-0.05, 0) is 37.3 Å². The van der Waals surface area contributed by atoms with Crippen LogP contribution in [0.5, 0.6) is 0 Å². The number of amides is 3. The van der Waals surface area contributed by atoms with Crippen molar-refractivity contribution in [2.75, 3.05) is 47.9 Å². The maximum absolute atomic E-state index is 13.2. The standard InChI is InChI=1S/C24H25N7O4/c25-12-18-13-26-21(11-20(18)29-5-1-2-6-29)28-23(33)31-7-3-4-16-10-17(19(15-32)27-22(16)31)14-30-8-9-35-24(30)34/h10-11,13,15H,1-9,14H2,(H,26,28,33). The van der Waals surface area contributed by atoms with Gasteiger partial charge in [0.15, 0.2) is 6.29 Å². The van der Waals surface area contributed by atoms with Crippen molar-refractivity contribution < 1.29 is 19.1 Å². The molecule has 180 valence electrons. The molecular formula is C24H25N7O4. The van der Waals surface area contributed by atoms with Gasteiger partial charge in [-0.1, -0.05) is 0 Å². The third kappa shape index (κ3) is 4.47. The van der Waals surface area contributed by atoms with Crippen molar-refractivity contribution in [3.05, 3.63) is 40.7 Å². The van der Waals surface area contributed by atoms with Crippen molar-refractivity contribution in [3.63, 3.8) is 0 Å². The fraction of sp³-hybridized carbons (Fsp3) is 0.417. The van der Waals surface area contributed by atoms with Gasteiger partial charge in [0.1, 0.15) is 30.0 Å². The molecule has 0 aromatic carbocycles. The van der Waals surface area contributed by atoms with E-state index in [0.29, 0.717) is 55.2 Å². The van der Waals surface area contributed by atoms with Gasteiger partial charge in [0, 0.05) is 37.5 Å². The highest BCUT2D eigenvalue weighted by Gasteiger charge is 2.29. The molecule has 0 unspecified atom stereocenters. The molecule has 2 aromatic heterocycles. The third-order valence-corrected chi connectivity index (χ3v) is 6.52. The Morgan fingerprint density at radius 1 is 1.20 bits per heavy atom. The largest absolute Gasteiger partial charge is 0.448 e. The van der Waals surface area contributed by atoms with Gasteiger partial charge in [0.05, 0.1) is 24.3 Å². The fourth-order valence-corrected chi connectivity index (χ4v) is 4.76.